The number of rotatable bonds is 3. The molecule has 0 N–H and O–H groups in total. The molecule has 0 spiro atoms. The van der Waals surface area contributed by atoms with Crippen LogP contribution in [-0.2, 0) is 0 Å². The molecule has 0 nitrogen and oxygen atoms in total. The summed E-state index contributed by atoms with van der Waals surface area (Å²) in [5, 5.41) is 0. The van der Waals surface area contributed by atoms with Gasteiger partial charge in [-0.15, -0.1) is 0 Å². The molecule has 0 saturated heterocycles. The molecule has 66 valence electrons. The van der Waals surface area contributed by atoms with Crippen LogP contribution >= 0.6 is 0 Å². The predicted octanol–water partition coefficient (Wildman–Crippen LogP) is 2.78. The third-order valence-electron chi connectivity index (χ3n) is 2.19. The molecule has 0 amide bonds. The van der Waals surface area contributed by atoms with Crippen LogP contribution < -0.4 is 0 Å². The molecular weight excluding hydrogens is 155 g/mol. The molecule has 13 heavy (non-hydrogen) atoms. The minimum atomic E-state index is 1.000. The van der Waals surface area contributed by atoms with Gasteiger partial charge in [0.1, 0.15) is 7.85 Å². The summed E-state index contributed by atoms with van der Waals surface area (Å²) < 4.78 is 0. The molecule has 1 aromatic rings. The monoisotopic (exact) mass is 170 g/mol. The van der Waals surface area contributed by atoms with Crippen molar-refractivity contribution < 1.29 is 0 Å². The minimum absolute atomic E-state index is 1.000. The van der Waals surface area contributed by atoms with Crippen LogP contribution in [0.4, 0.5) is 0 Å². The average Bonchev–Trinajstić information content (AvgIpc) is 2.17. The van der Waals surface area contributed by atoms with Crippen molar-refractivity contribution in [3.63, 3.8) is 0 Å². The molecule has 1 rings (SSSR count). The van der Waals surface area contributed by atoms with Crippen molar-refractivity contribution in [3.05, 3.63) is 48.6 Å². The van der Waals surface area contributed by atoms with Crippen LogP contribution in [0.15, 0.2) is 37.4 Å². The Kier molecular flexibility index (Phi) is 3.13. The third kappa shape index (κ3) is 2.35. The molecule has 0 heterocycles. The fourth-order valence-corrected chi connectivity index (χ4v) is 1.21. The van der Waals surface area contributed by atoms with Crippen LogP contribution in [0.2, 0.25) is 6.32 Å². The Balaban J connectivity index is 3.05. The zero-order valence-electron chi connectivity index (χ0n) is 8.43. The lowest BCUT2D eigenvalue weighted by atomic mass is 9.91. The summed E-state index contributed by atoms with van der Waals surface area (Å²) in [6, 6.07) is 8.38. The maximum Gasteiger partial charge on any atom is 0.107 e. The van der Waals surface area contributed by atoms with E-state index in [4.69, 9.17) is 0 Å². The van der Waals surface area contributed by atoms with Gasteiger partial charge in [-0.1, -0.05) is 48.8 Å². The molecule has 1 heteroatoms. The van der Waals surface area contributed by atoms with Crippen LogP contribution in [0.3, 0.4) is 0 Å². The molecule has 1 aromatic carbocycles. The van der Waals surface area contributed by atoms with E-state index in [0.29, 0.717) is 0 Å². The molecule has 0 bridgehead atoms. The molecule has 0 unspecified atom stereocenters. The molecule has 0 aliphatic carbocycles. The highest BCUT2D eigenvalue weighted by Gasteiger charge is 1.98. The summed E-state index contributed by atoms with van der Waals surface area (Å²) >= 11 is 0. The van der Waals surface area contributed by atoms with E-state index in [1.165, 1.54) is 16.7 Å². The van der Waals surface area contributed by atoms with Gasteiger partial charge in [-0.05, 0) is 24.1 Å². The van der Waals surface area contributed by atoms with Gasteiger partial charge in [0.15, 0.2) is 0 Å². The number of allylic oxidation sites excluding steroid dienone is 2. The normalized spacial score (nSPS) is 9.62. The highest BCUT2D eigenvalue weighted by Crippen LogP contribution is 2.19. The molecule has 0 atom stereocenters. The summed E-state index contributed by atoms with van der Waals surface area (Å²) in [5.41, 5.74) is 4.71. The van der Waals surface area contributed by atoms with Crippen LogP contribution in [0, 0.1) is 0 Å². The zero-order valence-corrected chi connectivity index (χ0v) is 8.43. The largest absolute Gasteiger partial charge is 0.107 e. The average molecular weight is 170 g/mol. The topological polar surface area (TPSA) is 0 Å². The number of hydrogen-bond donors (Lipinski definition) is 0. The Labute approximate surface area is 81.4 Å². The molecule has 0 aliphatic heterocycles. The SMILES string of the molecule is BCC(=C)c1cccc(C(=C)C)c1. The van der Waals surface area contributed by atoms with Gasteiger partial charge < -0.3 is 0 Å². The Morgan fingerprint density at radius 1 is 1.31 bits per heavy atom. The molecule has 0 saturated carbocycles. The summed E-state index contributed by atoms with van der Waals surface area (Å²) in [5.74, 6) is 0. The van der Waals surface area contributed by atoms with Crippen molar-refractivity contribution in [2.24, 2.45) is 0 Å². The van der Waals surface area contributed by atoms with Gasteiger partial charge in [0.05, 0.1) is 0 Å². The quantitative estimate of drug-likeness (QED) is 0.612. The van der Waals surface area contributed by atoms with Crippen molar-refractivity contribution in [1.29, 1.82) is 0 Å². The highest BCUT2D eigenvalue weighted by molar-refractivity contribution is 6.14. The van der Waals surface area contributed by atoms with Crippen molar-refractivity contribution in [1.82, 2.24) is 0 Å². The maximum atomic E-state index is 4.01. The predicted molar refractivity (Wildman–Crippen MR) is 63.5 cm³/mol. The smallest absolute Gasteiger partial charge is 0.0960 e. The van der Waals surface area contributed by atoms with Crippen molar-refractivity contribution in [2.45, 2.75) is 13.2 Å². The van der Waals surface area contributed by atoms with E-state index in [9.17, 15) is 0 Å². The molecular formula is C12H15B. The minimum Gasteiger partial charge on any atom is -0.0960 e. The lowest BCUT2D eigenvalue weighted by Crippen LogP contribution is -1.84. The lowest BCUT2D eigenvalue weighted by molar-refractivity contribution is 1.52. The third-order valence-corrected chi connectivity index (χ3v) is 2.19. The van der Waals surface area contributed by atoms with E-state index in [0.717, 1.165) is 11.9 Å². The van der Waals surface area contributed by atoms with Crippen LogP contribution in [0.1, 0.15) is 18.1 Å². The van der Waals surface area contributed by atoms with E-state index < -0.39 is 0 Å². The molecule has 0 radical (unpaired) electrons. The Morgan fingerprint density at radius 3 is 2.46 bits per heavy atom. The summed E-state index contributed by atoms with van der Waals surface area (Å²) in [6.45, 7) is 9.96. The lowest BCUT2D eigenvalue weighted by Gasteiger charge is -2.05. The Morgan fingerprint density at radius 2 is 1.92 bits per heavy atom. The standard InChI is InChI=1S/C12H15B/c1-9(2)11-5-4-6-12(7-11)10(3)8-13/h4-7H,1,3,8,13H2,2H3. The van der Waals surface area contributed by atoms with Crippen LogP contribution in [0.25, 0.3) is 11.1 Å². The van der Waals surface area contributed by atoms with Gasteiger partial charge >= 0.3 is 0 Å². The van der Waals surface area contributed by atoms with Gasteiger partial charge in [0.2, 0.25) is 0 Å². The zero-order chi connectivity index (χ0) is 9.84. The second-order valence-electron chi connectivity index (χ2n) is 3.32. The summed E-state index contributed by atoms with van der Waals surface area (Å²) in [6.07, 6.45) is 1.000. The summed E-state index contributed by atoms with van der Waals surface area (Å²) in [7, 11) is 2.12. The highest BCUT2D eigenvalue weighted by atomic mass is 14.0. The van der Waals surface area contributed by atoms with Gasteiger partial charge in [-0.2, -0.15) is 0 Å². The summed E-state index contributed by atoms with van der Waals surface area (Å²) in [4.78, 5) is 0. The van der Waals surface area contributed by atoms with Crippen molar-refractivity contribution >= 4 is 19.0 Å². The molecule has 0 fully saturated rings. The van der Waals surface area contributed by atoms with Gasteiger partial charge in [0, 0.05) is 0 Å². The first-order valence-electron chi connectivity index (χ1n) is 4.59. The van der Waals surface area contributed by atoms with Crippen molar-refractivity contribution in [2.75, 3.05) is 0 Å². The fourth-order valence-electron chi connectivity index (χ4n) is 1.21. The van der Waals surface area contributed by atoms with Gasteiger partial charge in [-0.25, -0.2) is 0 Å². The number of benzene rings is 1. The van der Waals surface area contributed by atoms with E-state index >= 15 is 0 Å². The maximum absolute atomic E-state index is 4.01. The van der Waals surface area contributed by atoms with Gasteiger partial charge in [0.25, 0.3) is 0 Å². The van der Waals surface area contributed by atoms with E-state index in [2.05, 4.69) is 45.3 Å². The van der Waals surface area contributed by atoms with E-state index in [1.807, 2.05) is 6.92 Å². The first-order chi connectivity index (χ1) is 6.15. The van der Waals surface area contributed by atoms with E-state index in [-0.39, 0.29) is 0 Å². The van der Waals surface area contributed by atoms with Crippen LogP contribution in [0.5, 0.6) is 0 Å². The molecule has 0 aromatic heterocycles. The van der Waals surface area contributed by atoms with Crippen LogP contribution in [-0.4, -0.2) is 7.85 Å². The molecule has 0 aliphatic rings. The fraction of sp³-hybridized carbons (Fsp3) is 0.167. The van der Waals surface area contributed by atoms with E-state index in [1.54, 1.807) is 0 Å². The second kappa shape index (κ2) is 4.13. The number of hydrogen-bond acceptors (Lipinski definition) is 0. The van der Waals surface area contributed by atoms with Crippen molar-refractivity contribution in [3.8, 4) is 0 Å². The van der Waals surface area contributed by atoms with Gasteiger partial charge in [-0.3, -0.25) is 0 Å². The second-order valence-corrected chi connectivity index (χ2v) is 3.32. The first kappa shape index (κ1) is 9.85. The Bertz CT molecular complexity index is 337. The Hall–Kier alpha value is -1.24. The first-order valence-corrected chi connectivity index (χ1v) is 4.59.